The molecular formula is C22H24F2N2O7S. The number of anilines is 1. The molecule has 1 heterocycles. The van der Waals surface area contributed by atoms with Gasteiger partial charge in [-0.1, -0.05) is 18.2 Å². The van der Waals surface area contributed by atoms with Gasteiger partial charge < -0.3 is 19.9 Å². The number of amides is 1. The molecule has 2 aromatic carbocycles. The third-order valence-electron chi connectivity index (χ3n) is 5.31. The second-order valence-electron chi connectivity index (χ2n) is 7.76. The van der Waals surface area contributed by atoms with E-state index in [9.17, 15) is 31.9 Å². The molecule has 1 saturated heterocycles. The lowest BCUT2D eigenvalue weighted by atomic mass is 10.1. The summed E-state index contributed by atoms with van der Waals surface area (Å²) in [6, 6.07) is 8.66. The van der Waals surface area contributed by atoms with Crippen molar-refractivity contribution >= 4 is 27.6 Å². The second-order valence-corrected chi connectivity index (χ2v) is 9.65. The number of aliphatic hydroxyl groups is 1. The molecule has 0 spiro atoms. The molecular weight excluding hydrogens is 474 g/mol. The number of rotatable bonds is 8. The van der Waals surface area contributed by atoms with E-state index in [1.54, 1.807) is 13.0 Å². The predicted octanol–water partition coefficient (Wildman–Crippen LogP) is 2.21. The highest BCUT2D eigenvalue weighted by Crippen LogP contribution is 2.29. The molecule has 1 amide bonds. The molecule has 9 nitrogen and oxygen atoms in total. The Hall–Kier alpha value is -3.09. The van der Waals surface area contributed by atoms with Crippen LogP contribution in [0.3, 0.4) is 0 Å². The minimum atomic E-state index is -4.12. The van der Waals surface area contributed by atoms with Gasteiger partial charge >= 0.3 is 12.6 Å². The number of para-hydroxylation sites is 2. The Kier molecular flexibility index (Phi) is 7.85. The number of benzene rings is 2. The molecule has 0 radical (unpaired) electrons. The highest BCUT2D eigenvalue weighted by molar-refractivity contribution is 7.89. The number of alkyl halides is 2. The molecule has 34 heavy (non-hydrogen) atoms. The first kappa shape index (κ1) is 25.5. The first-order chi connectivity index (χ1) is 16.0. The van der Waals surface area contributed by atoms with Crippen molar-refractivity contribution in [3.05, 3.63) is 53.6 Å². The number of halogens is 2. The number of β-amino-alcohol motifs (C(OH)–C–C–N with tert-alkyl or cyclic N) is 1. The van der Waals surface area contributed by atoms with E-state index in [0.717, 1.165) is 15.4 Å². The van der Waals surface area contributed by atoms with Crippen LogP contribution in [0.25, 0.3) is 0 Å². The molecule has 0 aromatic heterocycles. The van der Waals surface area contributed by atoms with Crippen LogP contribution in [0.15, 0.2) is 47.4 Å². The zero-order valence-electron chi connectivity index (χ0n) is 18.4. The second kappa shape index (κ2) is 10.5. The number of aryl methyl sites for hydroxylation is 2. The molecule has 2 N–H and O–H groups in total. The third-order valence-corrected chi connectivity index (χ3v) is 7.18. The molecule has 1 aliphatic heterocycles. The number of esters is 1. The standard InChI is InChI=1S/C22H24F2N2O7S/c1-13-7-8-16(9-14(13)2)34(30,31)26-11-15(27)10-18(26)21(29)32-12-20(28)25-17-5-3-4-6-19(17)33-22(23)24/h3-9,15,18,22,27H,10-12H2,1-2H3,(H,25,28)/t15?,18-/m0/s1. The van der Waals surface area contributed by atoms with Crippen molar-refractivity contribution in [2.75, 3.05) is 18.5 Å². The fourth-order valence-electron chi connectivity index (χ4n) is 3.46. The Morgan fingerprint density at radius 3 is 2.56 bits per heavy atom. The Balaban J connectivity index is 1.68. The summed E-state index contributed by atoms with van der Waals surface area (Å²) in [4.78, 5) is 24.8. The van der Waals surface area contributed by atoms with Crippen LogP contribution in [0.2, 0.25) is 0 Å². The number of nitrogens with one attached hydrogen (secondary N) is 1. The van der Waals surface area contributed by atoms with Crippen molar-refractivity contribution < 1.29 is 41.4 Å². The van der Waals surface area contributed by atoms with Crippen molar-refractivity contribution in [3.63, 3.8) is 0 Å². The zero-order chi connectivity index (χ0) is 25.0. The van der Waals surface area contributed by atoms with Crippen LogP contribution in [0.4, 0.5) is 14.5 Å². The SMILES string of the molecule is Cc1ccc(S(=O)(=O)N2CC(O)C[C@H]2C(=O)OCC(=O)Nc2ccccc2OC(F)F)cc1C. The number of carbonyl (C=O) groups excluding carboxylic acids is 2. The van der Waals surface area contributed by atoms with E-state index in [4.69, 9.17) is 4.74 Å². The summed E-state index contributed by atoms with van der Waals surface area (Å²) in [6.45, 7) is -0.628. The highest BCUT2D eigenvalue weighted by Gasteiger charge is 2.44. The lowest BCUT2D eigenvalue weighted by molar-refractivity contribution is -0.150. The predicted molar refractivity (Wildman–Crippen MR) is 117 cm³/mol. The topological polar surface area (TPSA) is 122 Å². The van der Waals surface area contributed by atoms with Crippen LogP contribution in [-0.4, -0.2) is 61.6 Å². The number of hydrogen-bond acceptors (Lipinski definition) is 7. The molecule has 184 valence electrons. The van der Waals surface area contributed by atoms with Crippen LogP contribution in [0, 0.1) is 13.8 Å². The van der Waals surface area contributed by atoms with Gasteiger partial charge in [0.2, 0.25) is 10.0 Å². The average molecular weight is 499 g/mol. The van der Waals surface area contributed by atoms with E-state index in [2.05, 4.69) is 10.1 Å². The number of hydrogen-bond donors (Lipinski definition) is 2. The van der Waals surface area contributed by atoms with Gasteiger partial charge in [0.15, 0.2) is 6.61 Å². The highest BCUT2D eigenvalue weighted by atomic mass is 32.2. The molecule has 0 bridgehead atoms. The van der Waals surface area contributed by atoms with E-state index in [1.165, 1.54) is 36.4 Å². The maximum Gasteiger partial charge on any atom is 0.387 e. The van der Waals surface area contributed by atoms with E-state index in [-0.39, 0.29) is 29.3 Å². The summed E-state index contributed by atoms with van der Waals surface area (Å²) in [5, 5.41) is 12.3. The van der Waals surface area contributed by atoms with Crippen LogP contribution in [-0.2, 0) is 24.3 Å². The first-order valence-electron chi connectivity index (χ1n) is 10.3. The van der Waals surface area contributed by atoms with Gasteiger partial charge in [-0.05, 0) is 49.2 Å². The van der Waals surface area contributed by atoms with E-state index in [1.807, 2.05) is 6.92 Å². The smallest absolute Gasteiger partial charge is 0.387 e. The van der Waals surface area contributed by atoms with E-state index >= 15 is 0 Å². The van der Waals surface area contributed by atoms with Gasteiger partial charge in [-0.2, -0.15) is 13.1 Å². The maximum atomic E-state index is 13.1. The van der Waals surface area contributed by atoms with Crippen LogP contribution < -0.4 is 10.1 Å². The molecule has 2 aromatic rings. The van der Waals surface area contributed by atoms with Crippen LogP contribution >= 0.6 is 0 Å². The molecule has 1 aliphatic rings. The van der Waals surface area contributed by atoms with Crippen LogP contribution in [0.1, 0.15) is 17.5 Å². The number of sulfonamides is 1. The van der Waals surface area contributed by atoms with Gasteiger partial charge in [0.05, 0.1) is 16.7 Å². The molecule has 0 saturated carbocycles. The lowest BCUT2D eigenvalue weighted by Crippen LogP contribution is -2.42. The van der Waals surface area contributed by atoms with Crippen molar-refractivity contribution in [1.82, 2.24) is 4.31 Å². The Bertz CT molecular complexity index is 1170. The fraction of sp³-hybridized carbons (Fsp3) is 0.364. The molecule has 1 unspecified atom stereocenters. The van der Waals surface area contributed by atoms with Gasteiger partial charge in [0.1, 0.15) is 11.8 Å². The number of carbonyl (C=O) groups is 2. The minimum absolute atomic E-state index is 0.0316. The molecule has 1 fully saturated rings. The Morgan fingerprint density at radius 2 is 1.88 bits per heavy atom. The summed E-state index contributed by atoms with van der Waals surface area (Å²) in [5.41, 5.74) is 1.58. The summed E-state index contributed by atoms with van der Waals surface area (Å²) in [6.07, 6.45) is -1.29. The first-order valence-corrected chi connectivity index (χ1v) is 11.7. The molecule has 3 rings (SSSR count). The third kappa shape index (κ3) is 5.88. The van der Waals surface area contributed by atoms with Gasteiger partial charge in [0, 0.05) is 13.0 Å². The van der Waals surface area contributed by atoms with E-state index < -0.39 is 47.3 Å². The molecule has 2 atom stereocenters. The Labute approximate surface area is 195 Å². The van der Waals surface area contributed by atoms with Gasteiger partial charge in [-0.3, -0.25) is 9.59 Å². The van der Waals surface area contributed by atoms with Crippen LogP contribution in [0.5, 0.6) is 5.75 Å². The van der Waals surface area contributed by atoms with Crippen molar-refractivity contribution in [2.24, 2.45) is 0 Å². The quantitative estimate of drug-likeness (QED) is 0.535. The fourth-order valence-corrected chi connectivity index (χ4v) is 5.17. The lowest BCUT2D eigenvalue weighted by Gasteiger charge is -2.22. The largest absolute Gasteiger partial charge is 0.454 e. The maximum absolute atomic E-state index is 13.1. The molecule has 12 heteroatoms. The summed E-state index contributed by atoms with van der Waals surface area (Å²) in [5.74, 6) is -2.14. The minimum Gasteiger partial charge on any atom is -0.454 e. The zero-order valence-corrected chi connectivity index (χ0v) is 19.2. The van der Waals surface area contributed by atoms with Crippen molar-refractivity contribution in [1.29, 1.82) is 0 Å². The molecule has 0 aliphatic carbocycles. The number of aliphatic hydroxyl groups excluding tert-OH is 1. The number of ether oxygens (including phenoxy) is 2. The normalized spacial score (nSPS) is 18.6. The van der Waals surface area contributed by atoms with Gasteiger partial charge in [-0.25, -0.2) is 8.42 Å². The van der Waals surface area contributed by atoms with E-state index in [0.29, 0.717) is 0 Å². The monoisotopic (exact) mass is 498 g/mol. The summed E-state index contributed by atoms with van der Waals surface area (Å²) in [7, 11) is -4.12. The summed E-state index contributed by atoms with van der Waals surface area (Å²) >= 11 is 0. The average Bonchev–Trinajstić information content (AvgIpc) is 3.17. The van der Waals surface area contributed by atoms with Crippen molar-refractivity contribution in [2.45, 2.75) is 43.9 Å². The van der Waals surface area contributed by atoms with Gasteiger partial charge in [0.25, 0.3) is 5.91 Å². The number of nitrogens with zero attached hydrogens (tertiary/aromatic N) is 1. The summed E-state index contributed by atoms with van der Waals surface area (Å²) < 4.78 is 61.4. The van der Waals surface area contributed by atoms with Crippen molar-refractivity contribution in [3.8, 4) is 5.75 Å². The Morgan fingerprint density at radius 1 is 1.18 bits per heavy atom. The van der Waals surface area contributed by atoms with Gasteiger partial charge in [-0.15, -0.1) is 0 Å².